The number of allylic oxidation sites excluding steroid dienone is 2. The Morgan fingerprint density at radius 2 is 1.35 bits per heavy atom. The Labute approximate surface area is 179 Å². The molecule has 2 amide bonds. The number of carbonyl (C=O) groups is 3. The van der Waals surface area contributed by atoms with Crippen LogP contribution in [0.2, 0.25) is 0 Å². The van der Waals surface area contributed by atoms with Gasteiger partial charge in [-0.2, -0.15) is 0 Å². The SMILES string of the molecule is O=C(O)c1ccc(NC(=O)C2CC=CCC2C(=O)Nc2cccc3ccccc23)cc1. The van der Waals surface area contributed by atoms with Crippen LogP contribution in [0.1, 0.15) is 23.2 Å². The summed E-state index contributed by atoms with van der Waals surface area (Å²) in [4.78, 5) is 37.0. The van der Waals surface area contributed by atoms with Crippen LogP contribution in [0, 0.1) is 11.8 Å². The summed E-state index contributed by atoms with van der Waals surface area (Å²) in [7, 11) is 0. The molecule has 4 rings (SSSR count). The first-order chi connectivity index (χ1) is 15.0. The molecule has 1 aliphatic carbocycles. The molecule has 2 unspecified atom stereocenters. The van der Waals surface area contributed by atoms with E-state index in [0.717, 1.165) is 16.5 Å². The first kappa shape index (κ1) is 20.3. The van der Waals surface area contributed by atoms with E-state index in [1.165, 1.54) is 12.1 Å². The van der Waals surface area contributed by atoms with Gasteiger partial charge < -0.3 is 15.7 Å². The molecule has 0 saturated carbocycles. The Kier molecular flexibility index (Phi) is 5.80. The van der Waals surface area contributed by atoms with E-state index in [1.54, 1.807) is 12.1 Å². The Hall–Kier alpha value is -3.93. The lowest BCUT2D eigenvalue weighted by molar-refractivity contribution is -0.129. The van der Waals surface area contributed by atoms with Gasteiger partial charge in [-0.3, -0.25) is 9.59 Å². The Bertz CT molecular complexity index is 1160. The van der Waals surface area contributed by atoms with Gasteiger partial charge in [-0.15, -0.1) is 0 Å². The lowest BCUT2D eigenvalue weighted by atomic mass is 9.81. The first-order valence-electron chi connectivity index (χ1n) is 10.1. The molecule has 0 bridgehead atoms. The fourth-order valence-electron chi connectivity index (χ4n) is 3.88. The Balaban J connectivity index is 1.50. The van der Waals surface area contributed by atoms with Gasteiger partial charge in [-0.25, -0.2) is 4.79 Å². The molecule has 0 radical (unpaired) electrons. The predicted octanol–water partition coefficient (Wildman–Crippen LogP) is 4.70. The third-order valence-corrected chi connectivity index (χ3v) is 5.55. The van der Waals surface area contributed by atoms with Crippen molar-refractivity contribution in [2.45, 2.75) is 12.8 Å². The summed E-state index contributed by atoms with van der Waals surface area (Å²) in [5.41, 5.74) is 1.37. The van der Waals surface area contributed by atoms with Gasteiger partial charge in [0.25, 0.3) is 0 Å². The molecule has 1 aliphatic rings. The second-order valence-corrected chi connectivity index (χ2v) is 7.54. The Morgan fingerprint density at radius 1 is 0.742 bits per heavy atom. The van der Waals surface area contributed by atoms with E-state index in [-0.39, 0.29) is 17.4 Å². The lowest BCUT2D eigenvalue weighted by Gasteiger charge is -2.27. The average Bonchev–Trinajstić information content (AvgIpc) is 2.79. The highest BCUT2D eigenvalue weighted by molar-refractivity contribution is 6.05. The molecule has 0 fully saturated rings. The molecule has 156 valence electrons. The number of carboxylic acids is 1. The van der Waals surface area contributed by atoms with Crippen molar-refractivity contribution in [2.75, 3.05) is 10.6 Å². The van der Waals surface area contributed by atoms with Gasteiger partial charge in [0.15, 0.2) is 0 Å². The zero-order chi connectivity index (χ0) is 21.8. The summed E-state index contributed by atoms with van der Waals surface area (Å²) >= 11 is 0. The van der Waals surface area contributed by atoms with Gasteiger partial charge in [0, 0.05) is 16.8 Å². The van der Waals surface area contributed by atoms with Crippen LogP contribution >= 0.6 is 0 Å². The van der Waals surface area contributed by atoms with Crippen molar-refractivity contribution in [1.29, 1.82) is 0 Å². The van der Waals surface area contributed by atoms with E-state index in [9.17, 15) is 14.4 Å². The molecular formula is C25H22N2O4. The molecule has 0 aromatic heterocycles. The molecular weight excluding hydrogens is 392 g/mol. The van der Waals surface area contributed by atoms with E-state index in [1.807, 2.05) is 54.6 Å². The van der Waals surface area contributed by atoms with Crippen LogP contribution < -0.4 is 10.6 Å². The number of benzene rings is 3. The fraction of sp³-hybridized carbons (Fsp3) is 0.160. The summed E-state index contributed by atoms with van der Waals surface area (Å²) in [6, 6.07) is 19.5. The highest BCUT2D eigenvalue weighted by Gasteiger charge is 2.34. The lowest BCUT2D eigenvalue weighted by Crippen LogP contribution is -2.37. The highest BCUT2D eigenvalue weighted by atomic mass is 16.4. The summed E-state index contributed by atoms with van der Waals surface area (Å²) in [6.07, 6.45) is 4.79. The number of nitrogens with one attached hydrogen (secondary N) is 2. The maximum Gasteiger partial charge on any atom is 0.335 e. The zero-order valence-corrected chi connectivity index (χ0v) is 16.7. The predicted molar refractivity (Wildman–Crippen MR) is 120 cm³/mol. The summed E-state index contributed by atoms with van der Waals surface area (Å²) < 4.78 is 0. The van der Waals surface area contributed by atoms with Crippen molar-refractivity contribution in [3.63, 3.8) is 0 Å². The second-order valence-electron chi connectivity index (χ2n) is 7.54. The van der Waals surface area contributed by atoms with Gasteiger partial charge in [0.1, 0.15) is 0 Å². The Morgan fingerprint density at radius 3 is 2.03 bits per heavy atom. The van der Waals surface area contributed by atoms with E-state index in [4.69, 9.17) is 5.11 Å². The fourth-order valence-corrected chi connectivity index (χ4v) is 3.88. The minimum atomic E-state index is -1.03. The van der Waals surface area contributed by atoms with Crippen LogP contribution in [0.25, 0.3) is 10.8 Å². The highest BCUT2D eigenvalue weighted by Crippen LogP contribution is 2.30. The molecule has 0 heterocycles. The maximum atomic E-state index is 13.1. The summed E-state index contributed by atoms with van der Waals surface area (Å²) in [5, 5.41) is 16.8. The molecule has 2 atom stereocenters. The number of amides is 2. The summed E-state index contributed by atoms with van der Waals surface area (Å²) in [5.74, 6) is -2.49. The smallest absolute Gasteiger partial charge is 0.335 e. The molecule has 3 N–H and O–H groups in total. The number of carbonyl (C=O) groups excluding carboxylic acids is 2. The van der Waals surface area contributed by atoms with Crippen molar-refractivity contribution >= 4 is 39.9 Å². The standard InChI is InChI=1S/C25H22N2O4/c28-23(26-18-14-12-17(13-15-18)25(30)31)20-9-3-4-10-21(20)24(29)27-22-11-5-7-16-6-1-2-8-19(16)22/h1-8,11-15,20-21H,9-10H2,(H,26,28)(H,27,29)(H,30,31). The van der Waals surface area contributed by atoms with E-state index < -0.39 is 17.8 Å². The number of hydrogen-bond donors (Lipinski definition) is 3. The van der Waals surface area contributed by atoms with Crippen molar-refractivity contribution in [3.05, 3.63) is 84.4 Å². The summed E-state index contributed by atoms with van der Waals surface area (Å²) in [6.45, 7) is 0. The van der Waals surface area contributed by atoms with Crippen LogP contribution in [0.15, 0.2) is 78.9 Å². The number of aromatic carboxylic acids is 1. The first-order valence-corrected chi connectivity index (χ1v) is 10.1. The number of hydrogen-bond acceptors (Lipinski definition) is 3. The molecule has 6 heteroatoms. The average molecular weight is 414 g/mol. The topological polar surface area (TPSA) is 95.5 Å². The number of carboxylic acid groups (broad SMARTS) is 1. The van der Waals surface area contributed by atoms with Crippen LogP contribution in [0.4, 0.5) is 11.4 Å². The quantitative estimate of drug-likeness (QED) is 0.528. The minimum absolute atomic E-state index is 0.144. The minimum Gasteiger partial charge on any atom is -0.478 e. The third-order valence-electron chi connectivity index (χ3n) is 5.55. The number of anilines is 2. The van der Waals surface area contributed by atoms with Crippen molar-refractivity contribution in [3.8, 4) is 0 Å². The van der Waals surface area contributed by atoms with E-state index in [2.05, 4.69) is 10.6 Å². The van der Waals surface area contributed by atoms with Crippen LogP contribution in [-0.4, -0.2) is 22.9 Å². The molecule has 31 heavy (non-hydrogen) atoms. The van der Waals surface area contributed by atoms with Gasteiger partial charge in [0.05, 0.1) is 17.4 Å². The van der Waals surface area contributed by atoms with Crippen LogP contribution in [0.5, 0.6) is 0 Å². The number of fused-ring (bicyclic) bond motifs is 1. The third kappa shape index (κ3) is 4.48. The monoisotopic (exact) mass is 414 g/mol. The van der Waals surface area contributed by atoms with E-state index >= 15 is 0 Å². The van der Waals surface area contributed by atoms with E-state index in [0.29, 0.717) is 18.5 Å². The largest absolute Gasteiger partial charge is 0.478 e. The molecule has 3 aromatic rings. The maximum absolute atomic E-state index is 13.1. The van der Waals surface area contributed by atoms with Gasteiger partial charge in [0.2, 0.25) is 11.8 Å². The molecule has 0 aliphatic heterocycles. The van der Waals surface area contributed by atoms with Crippen molar-refractivity contribution < 1.29 is 19.5 Å². The zero-order valence-electron chi connectivity index (χ0n) is 16.7. The molecule has 6 nitrogen and oxygen atoms in total. The van der Waals surface area contributed by atoms with Crippen molar-refractivity contribution in [2.24, 2.45) is 11.8 Å². The number of rotatable bonds is 5. The van der Waals surface area contributed by atoms with Crippen molar-refractivity contribution in [1.82, 2.24) is 0 Å². The van der Waals surface area contributed by atoms with Gasteiger partial charge in [-0.1, -0.05) is 48.6 Å². The molecule has 3 aromatic carbocycles. The van der Waals surface area contributed by atoms with Crippen LogP contribution in [0.3, 0.4) is 0 Å². The van der Waals surface area contributed by atoms with Gasteiger partial charge in [-0.05, 0) is 48.6 Å². The molecule has 0 saturated heterocycles. The second kappa shape index (κ2) is 8.83. The van der Waals surface area contributed by atoms with Gasteiger partial charge >= 0.3 is 5.97 Å². The van der Waals surface area contributed by atoms with Crippen LogP contribution in [-0.2, 0) is 9.59 Å². The molecule has 0 spiro atoms. The normalized spacial score (nSPS) is 17.8.